The molecular weight excluding hydrogens is 233 g/mol. The molecule has 0 aliphatic heterocycles. The van der Waals surface area contributed by atoms with E-state index in [9.17, 15) is 4.39 Å². The monoisotopic (exact) mass is 247 g/mol. The number of nitrogens with zero attached hydrogens (tertiary/aromatic N) is 1. The maximum Gasteiger partial charge on any atom is 0.219 e. The van der Waals surface area contributed by atoms with Crippen molar-refractivity contribution in [2.24, 2.45) is 0 Å². The average molecular weight is 247 g/mol. The molecule has 0 saturated carbocycles. The van der Waals surface area contributed by atoms with E-state index in [1.54, 1.807) is 31.5 Å². The van der Waals surface area contributed by atoms with Crippen LogP contribution in [-0.2, 0) is 6.61 Å². The highest BCUT2D eigenvalue weighted by Crippen LogP contribution is 2.21. The average Bonchev–Trinajstić information content (AvgIpc) is 2.40. The quantitative estimate of drug-likeness (QED) is 0.831. The summed E-state index contributed by atoms with van der Waals surface area (Å²) in [6, 6.07) is 8.38. The molecule has 0 amide bonds. The summed E-state index contributed by atoms with van der Waals surface area (Å²) in [6.45, 7) is 2.11. The predicted molar refractivity (Wildman–Crippen MR) is 66.3 cm³/mol. The van der Waals surface area contributed by atoms with Gasteiger partial charge in [0.2, 0.25) is 5.88 Å². The van der Waals surface area contributed by atoms with Gasteiger partial charge in [0, 0.05) is 6.20 Å². The van der Waals surface area contributed by atoms with Crippen LogP contribution in [0.2, 0.25) is 0 Å². The molecular formula is C14H14FNO2. The van der Waals surface area contributed by atoms with Crippen LogP contribution in [0.3, 0.4) is 0 Å². The van der Waals surface area contributed by atoms with Gasteiger partial charge in [0.15, 0.2) is 11.6 Å². The highest BCUT2D eigenvalue weighted by molar-refractivity contribution is 5.31. The van der Waals surface area contributed by atoms with Gasteiger partial charge < -0.3 is 9.47 Å². The minimum atomic E-state index is -0.372. The summed E-state index contributed by atoms with van der Waals surface area (Å²) in [4.78, 5) is 4.05. The first kappa shape index (κ1) is 12.4. The summed E-state index contributed by atoms with van der Waals surface area (Å²) >= 11 is 0. The molecule has 0 radical (unpaired) electrons. The zero-order chi connectivity index (χ0) is 13.0. The van der Waals surface area contributed by atoms with Crippen molar-refractivity contribution in [3.8, 4) is 11.6 Å². The molecule has 3 nitrogen and oxygen atoms in total. The van der Waals surface area contributed by atoms with Gasteiger partial charge in [-0.1, -0.05) is 6.07 Å². The van der Waals surface area contributed by atoms with Crippen LogP contribution in [0.5, 0.6) is 11.6 Å². The summed E-state index contributed by atoms with van der Waals surface area (Å²) in [7, 11) is 1.54. The summed E-state index contributed by atoms with van der Waals surface area (Å²) in [5, 5.41) is 0. The van der Waals surface area contributed by atoms with Crippen LogP contribution < -0.4 is 9.47 Å². The molecule has 1 aromatic heterocycles. The maximum absolute atomic E-state index is 13.5. The molecule has 0 fully saturated rings. The Kier molecular flexibility index (Phi) is 3.77. The van der Waals surface area contributed by atoms with Gasteiger partial charge in [-0.2, -0.15) is 0 Å². The lowest BCUT2D eigenvalue weighted by Gasteiger charge is -2.10. The van der Waals surface area contributed by atoms with E-state index in [1.165, 1.54) is 6.07 Å². The molecule has 0 N–H and O–H groups in total. The van der Waals surface area contributed by atoms with Gasteiger partial charge >= 0.3 is 0 Å². The number of aryl methyl sites for hydroxylation is 1. The highest BCUT2D eigenvalue weighted by Gasteiger charge is 2.07. The molecule has 0 spiro atoms. The second-order valence-corrected chi connectivity index (χ2v) is 3.89. The number of rotatable bonds is 4. The standard InChI is InChI=1S/C14H14FNO2/c1-10-5-6-12(15)13(8-10)18-9-11-4-3-7-16-14(11)17-2/h3-8H,9H2,1-2H3. The number of aromatic nitrogens is 1. The van der Waals surface area contributed by atoms with Gasteiger partial charge in [0.1, 0.15) is 6.61 Å². The van der Waals surface area contributed by atoms with Crippen LogP contribution in [0, 0.1) is 12.7 Å². The zero-order valence-corrected chi connectivity index (χ0v) is 10.3. The van der Waals surface area contributed by atoms with E-state index in [0.29, 0.717) is 5.88 Å². The van der Waals surface area contributed by atoms with Crippen molar-refractivity contribution in [3.05, 3.63) is 53.5 Å². The molecule has 4 heteroatoms. The van der Waals surface area contributed by atoms with E-state index >= 15 is 0 Å². The van der Waals surface area contributed by atoms with Crippen LogP contribution >= 0.6 is 0 Å². The van der Waals surface area contributed by atoms with E-state index in [1.807, 2.05) is 13.0 Å². The lowest BCUT2D eigenvalue weighted by Crippen LogP contribution is -2.01. The van der Waals surface area contributed by atoms with Gasteiger partial charge in [0.25, 0.3) is 0 Å². The van der Waals surface area contributed by atoms with Crippen LogP contribution in [0.15, 0.2) is 36.5 Å². The Morgan fingerprint density at radius 3 is 2.89 bits per heavy atom. The number of ether oxygens (including phenoxy) is 2. The first-order chi connectivity index (χ1) is 8.70. The summed E-state index contributed by atoms with van der Waals surface area (Å²) in [5.41, 5.74) is 1.73. The smallest absolute Gasteiger partial charge is 0.219 e. The molecule has 2 rings (SSSR count). The minimum absolute atomic E-state index is 0.220. The predicted octanol–water partition coefficient (Wildman–Crippen LogP) is 3.12. The van der Waals surface area contributed by atoms with Crippen LogP contribution in [-0.4, -0.2) is 12.1 Å². The van der Waals surface area contributed by atoms with Crippen LogP contribution in [0.4, 0.5) is 4.39 Å². The first-order valence-corrected chi connectivity index (χ1v) is 5.57. The van der Waals surface area contributed by atoms with Crippen molar-refractivity contribution in [1.82, 2.24) is 4.98 Å². The van der Waals surface area contributed by atoms with E-state index in [-0.39, 0.29) is 18.2 Å². The second-order valence-electron chi connectivity index (χ2n) is 3.89. The Labute approximate surface area is 105 Å². The summed E-state index contributed by atoms with van der Waals surface area (Å²) in [6.07, 6.45) is 1.63. The third kappa shape index (κ3) is 2.77. The fraction of sp³-hybridized carbons (Fsp3) is 0.214. The molecule has 94 valence electrons. The number of halogens is 1. The number of hydrogen-bond acceptors (Lipinski definition) is 3. The van der Waals surface area contributed by atoms with Gasteiger partial charge in [-0.3, -0.25) is 0 Å². The Hall–Kier alpha value is -2.10. The number of pyridine rings is 1. The second kappa shape index (κ2) is 5.49. The minimum Gasteiger partial charge on any atom is -0.486 e. The van der Waals surface area contributed by atoms with Crippen molar-refractivity contribution < 1.29 is 13.9 Å². The van der Waals surface area contributed by atoms with Crippen molar-refractivity contribution in [2.45, 2.75) is 13.5 Å². The molecule has 0 atom stereocenters. The number of methoxy groups -OCH3 is 1. The molecule has 18 heavy (non-hydrogen) atoms. The molecule has 0 aliphatic rings. The zero-order valence-electron chi connectivity index (χ0n) is 10.3. The molecule has 2 aromatic rings. The maximum atomic E-state index is 13.5. The highest BCUT2D eigenvalue weighted by atomic mass is 19.1. The number of hydrogen-bond donors (Lipinski definition) is 0. The Morgan fingerprint density at radius 1 is 1.28 bits per heavy atom. The molecule has 0 saturated heterocycles. The summed E-state index contributed by atoms with van der Waals surface area (Å²) < 4.78 is 24.0. The van der Waals surface area contributed by atoms with Crippen LogP contribution in [0.25, 0.3) is 0 Å². The fourth-order valence-corrected chi connectivity index (χ4v) is 1.59. The lowest BCUT2D eigenvalue weighted by molar-refractivity contribution is 0.280. The fourth-order valence-electron chi connectivity index (χ4n) is 1.59. The van der Waals surface area contributed by atoms with Gasteiger partial charge in [-0.25, -0.2) is 9.37 Å². The molecule has 0 unspecified atom stereocenters. The largest absolute Gasteiger partial charge is 0.486 e. The van der Waals surface area contributed by atoms with Gasteiger partial charge in [-0.05, 0) is 36.8 Å². The van der Waals surface area contributed by atoms with E-state index in [2.05, 4.69) is 4.98 Å². The topological polar surface area (TPSA) is 31.4 Å². The Balaban J connectivity index is 2.14. The van der Waals surface area contributed by atoms with Gasteiger partial charge in [0.05, 0.1) is 12.7 Å². The molecule has 1 heterocycles. The third-order valence-electron chi connectivity index (χ3n) is 2.51. The van der Waals surface area contributed by atoms with Crippen molar-refractivity contribution in [2.75, 3.05) is 7.11 Å². The van der Waals surface area contributed by atoms with Crippen molar-refractivity contribution in [3.63, 3.8) is 0 Å². The van der Waals surface area contributed by atoms with Crippen molar-refractivity contribution >= 4 is 0 Å². The van der Waals surface area contributed by atoms with Crippen LogP contribution in [0.1, 0.15) is 11.1 Å². The lowest BCUT2D eigenvalue weighted by atomic mass is 10.2. The van der Waals surface area contributed by atoms with Gasteiger partial charge in [-0.15, -0.1) is 0 Å². The first-order valence-electron chi connectivity index (χ1n) is 5.57. The van der Waals surface area contributed by atoms with E-state index in [0.717, 1.165) is 11.1 Å². The summed E-state index contributed by atoms with van der Waals surface area (Å²) in [5.74, 6) is 0.356. The van der Waals surface area contributed by atoms with Crippen molar-refractivity contribution in [1.29, 1.82) is 0 Å². The molecule has 0 aliphatic carbocycles. The normalized spacial score (nSPS) is 10.2. The Morgan fingerprint density at radius 2 is 2.11 bits per heavy atom. The Bertz CT molecular complexity index is 543. The molecule has 0 bridgehead atoms. The SMILES string of the molecule is COc1ncccc1COc1cc(C)ccc1F. The number of benzene rings is 1. The third-order valence-corrected chi connectivity index (χ3v) is 2.51. The van der Waals surface area contributed by atoms with E-state index < -0.39 is 0 Å². The molecule has 1 aromatic carbocycles. The van der Waals surface area contributed by atoms with E-state index in [4.69, 9.17) is 9.47 Å².